The SMILES string of the molecule is Cc1nn(-c2ccccc2)c(Cl)c1COC(=O)C1CCCCN1c1ncccn1. The monoisotopic (exact) mass is 411 g/mol. The molecule has 1 aliphatic heterocycles. The number of hydrogen-bond donors (Lipinski definition) is 0. The van der Waals surface area contributed by atoms with Crippen LogP contribution in [0.25, 0.3) is 5.69 Å². The first kappa shape index (κ1) is 19.4. The van der Waals surface area contributed by atoms with Gasteiger partial charge in [0.1, 0.15) is 17.8 Å². The number of aromatic nitrogens is 4. The normalized spacial score (nSPS) is 16.6. The van der Waals surface area contributed by atoms with Crippen LogP contribution in [0.2, 0.25) is 5.15 Å². The predicted octanol–water partition coefficient (Wildman–Crippen LogP) is 3.73. The molecule has 7 nitrogen and oxygen atoms in total. The maximum absolute atomic E-state index is 12.9. The third-order valence-electron chi connectivity index (χ3n) is 5.07. The van der Waals surface area contributed by atoms with E-state index in [9.17, 15) is 4.79 Å². The Bertz CT molecular complexity index is 977. The summed E-state index contributed by atoms with van der Waals surface area (Å²) in [6.45, 7) is 2.67. The lowest BCUT2D eigenvalue weighted by molar-refractivity contribution is -0.147. The Morgan fingerprint density at radius 3 is 2.69 bits per heavy atom. The van der Waals surface area contributed by atoms with Gasteiger partial charge in [-0.25, -0.2) is 19.4 Å². The molecule has 0 aliphatic carbocycles. The third kappa shape index (κ3) is 4.10. The van der Waals surface area contributed by atoms with Gasteiger partial charge in [0.05, 0.1) is 11.4 Å². The molecule has 0 radical (unpaired) electrons. The lowest BCUT2D eigenvalue weighted by Crippen LogP contribution is -2.46. The minimum atomic E-state index is -0.394. The van der Waals surface area contributed by atoms with Crippen LogP contribution in [0.5, 0.6) is 0 Å². The average molecular weight is 412 g/mol. The van der Waals surface area contributed by atoms with E-state index in [1.54, 1.807) is 23.1 Å². The van der Waals surface area contributed by atoms with Crippen molar-refractivity contribution in [1.29, 1.82) is 0 Å². The molecule has 0 spiro atoms. The molecule has 1 fully saturated rings. The van der Waals surface area contributed by atoms with Crippen LogP contribution in [0.3, 0.4) is 0 Å². The summed E-state index contributed by atoms with van der Waals surface area (Å²) in [6.07, 6.45) is 6.04. The molecule has 150 valence electrons. The topological polar surface area (TPSA) is 73.1 Å². The van der Waals surface area contributed by atoms with Gasteiger partial charge < -0.3 is 9.64 Å². The molecule has 0 amide bonds. The van der Waals surface area contributed by atoms with Gasteiger partial charge in [0.25, 0.3) is 0 Å². The molecule has 3 heterocycles. The Kier molecular flexibility index (Phi) is 5.76. The van der Waals surface area contributed by atoms with Crippen molar-refractivity contribution in [1.82, 2.24) is 19.7 Å². The first-order valence-electron chi connectivity index (χ1n) is 9.65. The summed E-state index contributed by atoms with van der Waals surface area (Å²) in [5.41, 5.74) is 2.30. The molecule has 1 aromatic carbocycles. The second-order valence-corrected chi connectivity index (χ2v) is 7.32. The number of para-hydroxylation sites is 1. The van der Waals surface area contributed by atoms with Crippen LogP contribution >= 0.6 is 11.6 Å². The quantitative estimate of drug-likeness (QED) is 0.595. The fraction of sp³-hybridized carbons (Fsp3) is 0.333. The zero-order valence-electron chi connectivity index (χ0n) is 16.2. The maximum Gasteiger partial charge on any atom is 0.329 e. The Morgan fingerprint density at radius 1 is 1.17 bits per heavy atom. The molecule has 0 bridgehead atoms. The number of rotatable bonds is 5. The average Bonchev–Trinajstić information content (AvgIpc) is 3.06. The number of hydrogen-bond acceptors (Lipinski definition) is 6. The summed E-state index contributed by atoms with van der Waals surface area (Å²) in [5.74, 6) is 0.264. The number of esters is 1. The van der Waals surface area contributed by atoms with Gasteiger partial charge in [-0.1, -0.05) is 29.8 Å². The largest absolute Gasteiger partial charge is 0.459 e. The summed E-state index contributed by atoms with van der Waals surface area (Å²) in [5, 5.41) is 4.95. The highest BCUT2D eigenvalue weighted by molar-refractivity contribution is 6.30. The number of benzene rings is 1. The van der Waals surface area contributed by atoms with E-state index in [1.807, 2.05) is 42.2 Å². The highest BCUT2D eigenvalue weighted by Crippen LogP contribution is 2.26. The van der Waals surface area contributed by atoms with Crippen LogP contribution < -0.4 is 4.90 Å². The molecule has 29 heavy (non-hydrogen) atoms. The van der Waals surface area contributed by atoms with Crippen molar-refractivity contribution >= 4 is 23.5 Å². The Balaban J connectivity index is 1.49. The molecule has 8 heteroatoms. The molecule has 1 aliphatic rings. The summed E-state index contributed by atoms with van der Waals surface area (Å²) in [7, 11) is 0. The second-order valence-electron chi connectivity index (χ2n) is 6.96. The Morgan fingerprint density at radius 2 is 1.93 bits per heavy atom. The molecule has 2 aromatic heterocycles. The van der Waals surface area contributed by atoms with Gasteiger partial charge >= 0.3 is 5.97 Å². The lowest BCUT2D eigenvalue weighted by Gasteiger charge is -2.33. The summed E-state index contributed by atoms with van der Waals surface area (Å²) >= 11 is 6.54. The van der Waals surface area contributed by atoms with E-state index in [1.165, 1.54) is 0 Å². The predicted molar refractivity (Wildman–Crippen MR) is 110 cm³/mol. The zero-order chi connectivity index (χ0) is 20.2. The molecule has 1 saturated heterocycles. The molecule has 3 aromatic rings. The van der Waals surface area contributed by atoms with Gasteiger partial charge in [-0.3, -0.25) is 0 Å². The van der Waals surface area contributed by atoms with Crippen molar-refractivity contribution in [3.63, 3.8) is 0 Å². The number of carbonyl (C=O) groups excluding carboxylic acids is 1. The molecule has 4 rings (SSSR count). The summed E-state index contributed by atoms with van der Waals surface area (Å²) in [4.78, 5) is 23.4. The van der Waals surface area contributed by atoms with Crippen molar-refractivity contribution in [2.24, 2.45) is 0 Å². The van der Waals surface area contributed by atoms with E-state index in [2.05, 4.69) is 15.1 Å². The van der Waals surface area contributed by atoms with Crippen molar-refractivity contribution < 1.29 is 9.53 Å². The minimum Gasteiger partial charge on any atom is -0.459 e. The van der Waals surface area contributed by atoms with E-state index in [0.717, 1.165) is 30.8 Å². The fourth-order valence-electron chi connectivity index (χ4n) is 3.53. The molecule has 0 N–H and O–H groups in total. The van der Waals surface area contributed by atoms with E-state index in [-0.39, 0.29) is 12.6 Å². The fourth-order valence-corrected chi connectivity index (χ4v) is 3.86. The van der Waals surface area contributed by atoms with Gasteiger partial charge in [0.15, 0.2) is 0 Å². The number of carbonyl (C=O) groups is 1. The molecule has 1 atom stereocenters. The van der Waals surface area contributed by atoms with E-state index >= 15 is 0 Å². The highest BCUT2D eigenvalue weighted by atomic mass is 35.5. The van der Waals surface area contributed by atoms with Crippen LogP contribution in [0, 0.1) is 6.92 Å². The third-order valence-corrected chi connectivity index (χ3v) is 5.45. The van der Waals surface area contributed by atoms with Crippen molar-refractivity contribution in [2.45, 2.75) is 38.8 Å². The minimum absolute atomic E-state index is 0.0797. The number of anilines is 1. The van der Waals surface area contributed by atoms with Crippen LogP contribution in [-0.4, -0.2) is 38.3 Å². The molecule has 1 unspecified atom stereocenters. The van der Waals surface area contributed by atoms with Crippen molar-refractivity contribution in [2.75, 3.05) is 11.4 Å². The van der Waals surface area contributed by atoms with Gasteiger partial charge in [-0.2, -0.15) is 5.10 Å². The van der Waals surface area contributed by atoms with Gasteiger partial charge in [0.2, 0.25) is 5.95 Å². The lowest BCUT2D eigenvalue weighted by atomic mass is 10.0. The Labute approximate surface area is 174 Å². The second kappa shape index (κ2) is 8.61. The highest BCUT2D eigenvalue weighted by Gasteiger charge is 2.32. The van der Waals surface area contributed by atoms with Gasteiger partial charge in [-0.15, -0.1) is 0 Å². The van der Waals surface area contributed by atoms with Crippen LogP contribution in [0.15, 0.2) is 48.8 Å². The molecular formula is C21H22ClN5O2. The van der Waals surface area contributed by atoms with Crippen LogP contribution in [0.4, 0.5) is 5.95 Å². The number of aryl methyl sites for hydroxylation is 1. The number of halogens is 1. The maximum atomic E-state index is 12.9. The van der Waals surface area contributed by atoms with Crippen molar-refractivity contribution in [3.8, 4) is 5.69 Å². The zero-order valence-corrected chi connectivity index (χ0v) is 16.9. The Hall–Kier alpha value is -2.93. The van der Waals surface area contributed by atoms with E-state index < -0.39 is 6.04 Å². The number of ether oxygens (including phenoxy) is 1. The first-order chi connectivity index (χ1) is 14.1. The van der Waals surface area contributed by atoms with Gasteiger partial charge in [-0.05, 0) is 44.4 Å². The van der Waals surface area contributed by atoms with E-state index in [4.69, 9.17) is 16.3 Å². The summed E-state index contributed by atoms with van der Waals surface area (Å²) in [6, 6.07) is 11.0. The summed E-state index contributed by atoms with van der Waals surface area (Å²) < 4.78 is 7.31. The molecular weight excluding hydrogens is 390 g/mol. The molecule has 0 saturated carbocycles. The standard InChI is InChI=1S/C21H22ClN5O2/c1-15-17(19(22)27(25-15)16-8-3-2-4-9-16)14-29-20(28)18-10-5-6-13-26(18)21-23-11-7-12-24-21/h2-4,7-9,11-12,18H,5-6,10,13-14H2,1H3. The van der Waals surface area contributed by atoms with Crippen molar-refractivity contribution in [3.05, 3.63) is 65.2 Å². The number of nitrogens with zero attached hydrogens (tertiary/aromatic N) is 5. The number of piperidine rings is 1. The van der Waals surface area contributed by atoms with Gasteiger partial charge in [0, 0.05) is 24.5 Å². The smallest absolute Gasteiger partial charge is 0.329 e. The first-order valence-corrected chi connectivity index (χ1v) is 10.0. The van der Waals surface area contributed by atoms with E-state index in [0.29, 0.717) is 23.1 Å². The van der Waals surface area contributed by atoms with Crippen LogP contribution in [0.1, 0.15) is 30.5 Å². The van der Waals surface area contributed by atoms with Crippen LogP contribution in [-0.2, 0) is 16.1 Å².